The smallest absolute Gasteiger partial charge is 0.261 e. The molecule has 0 aliphatic carbocycles. The minimum Gasteiger partial charge on any atom is -0.351 e. The largest absolute Gasteiger partial charge is 0.351 e. The molecule has 1 amide bonds. The lowest BCUT2D eigenvalue weighted by Crippen LogP contribution is -2.25. The zero-order valence-electron chi connectivity index (χ0n) is 16.7. The zero-order chi connectivity index (χ0) is 20.5. The number of H-pyrrole nitrogens is 1. The van der Waals surface area contributed by atoms with Crippen molar-refractivity contribution >= 4 is 38.5 Å². The number of rotatable bonds is 6. The summed E-state index contributed by atoms with van der Waals surface area (Å²) in [4.78, 5) is 37.2. The van der Waals surface area contributed by atoms with Gasteiger partial charge in [-0.25, -0.2) is 9.97 Å². The van der Waals surface area contributed by atoms with Crippen LogP contribution in [0, 0.1) is 6.92 Å². The average molecular weight is 410 g/mol. The van der Waals surface area contributed by atoms with Crippen LogP contribution in [0.4, 0.5) is 0 Å². The van der Waals surface area contributed by atoms with Gasteiger partial charge in [0, 0.05) is 19.0 Å². The molecule has 2 N–H and O–H groups in total. The molecule has 3 heterocycles. The van der Waals surface area contributed by atoms with Crippen LogP contribution in [-0.4, -0.2) is 32.0 Å². The fourth-order valence-electron chi connectivity index (χ4n) is 3.67. The van der Waals surface area contributed by atoms with E-state index in [1.165, 1.54) is 17.7 Å². The fourth-order valence-corrected chi connectivity index (χ4v) is 4.74. The summed E-state index contributed by atoms with van der Waals surface area (Å²) in [5.41, 5.74) is 2.60. The molecule has 0 bridgehead atoms. The molecule has 0 saturated heterocycles. The Labute approximate surface area is 171 Å². The molecular weight excluding hydrogens is 386 g/mol. The van der Waals surface area contributed by atoms with Gasteiger partial charge >= 0.3 is 0 Å². The first-order chi connectivity index (χ1) is 14.0. The van der Waals surface area contributed by atoms with Gasteiger partial charge in [0.15, 0.2) is 0 Å². The van der Waals surface area contributed by atoms with Crippen LogP contribution in [0.2, 0.25) is 0 Å². The van der Waals surface area contributed by atoms with E-state index < -0.39 is 0 Å². The molecule has 4 aromatic rings. The van der Waals surface area contributed by atoms with E-state index in [0.29, 0.717) is 33.2 Å². The van der Waals surface area contributed by atoms with Crippen molar-refractivity contribution in [3.63, 3.8) is 0 Å². The van der Waals surface area contributed by atoms with E-state index in [1.807, 2.05) is 18.2 Å². The number of nitrogens with zero attached hydrogens (tertiary/aromatic N) is 3. The molecule has 4 rings (SSSR count). The molecule has 0 aliphatic rings. The number of imidazole rings is 1. The van der Waals surface area contributed by atoms with Gasteiger partial charge in [-0.1, -0.05) is 12.1 Å². The van der Waals surface area contributed by atoms with E-state index >= 15 is 0 Å². The first-order valence-corrected chi connectivity index (χ1v) is 10.5. The highest BCUT2D eigenvalue weighted by Crippen LogP contribution is 2.26. The first-order valence-electron chi connectivity index (χ1n) is 9.68. The summed E-state index contributed by atoms with van der Waals surface area (Å²) in [6, 6.07) is 8.46. The molecule has 29 heavy (non-hydrogen) atoms. The summed E-state index contributed by atoms with van der Waals surface area (Å²) in [6.07, 6.45) is 2.92. The fraction of sp³-hybridized carbons (Fsp3) is 0.333. The summed E-state index contributed by atoms with van der Waals surface area (Å²) in [6.45, 7) is 6.63. The predicted molar refractivity (Wildman–Crippen MR) is 116 cm³/mol. The number of amides is 1. The standard InChI is InChI=1S/C21H23N5O2S/c1-12(2)26-15-8-5-4-7-14(15)25-16(26)9-6-10-22-20(28)18-13(3)17-19(27)23-11-24-21(17)29-18/h4-5,7-8,11-12H,6,9-10H2,1-3H3,(H,22,28)(H,23,24,27). The maximum absolute atomic E-state index is 12.6. The van der Waals surface area contributed by atoms with Crippen molar-refractivity contribution in [3.05, 3.63) is 57.2 Å². The minimum absolute atomic E-state index is 0.165. The van der Waals surface area contributed by atoms with E-state index in [4.69, 9.17) is 4.98 Å². The molecule has 7 nitrogen and oxygen atoms in total. The van der Waals surface area contributed by atoms with Gasteiger partial charge in [0.1, 0.15) is 10.7 Å². The normalized spacial score (nSPS) is 11.6. The van der Waals surface area contributed by atoms with Crippen molar-refractivity contribution in [1.29, 1.82) is 0 Å². The Morgan fingerprint density at radius 3 is 2.86 bits per heavy atom. The van der Waals surface area contributed by atoms with Crippen molar-refractivity contribution in [2.75, 3.05) is 6.54 Å². The molecule has 0 atom stereocenters. The van der Waals surface area contributed by atoms with Crippen LogP contribution in [0.1, 0.15) is 47.4 Å². The Hall–Kier alpha value is -3.00. The molecule has 0 fully saturated rings. The quantitative estimate of drug-likeness (QED) is 0.476. The second kappa shape index (κ2) is 7.79. The average Bonchev–Trinajstić information content (AvgIpc) is 3.23. The minimum atomic E-state index is -0.213. The third-order valence-corrected chi connectivity index (χ3v) is 6.19. The van der Waals surface area contributed by atoms with E-state index in [1.54, 1.807) is 6.92 Å². The number of para-hydroxylation sites is 2. The van der Waals surface area contributed by atoms with Crippen molar-refractivity contribution in [3.8, 4) is 0 Å². The van der Waals surface area contributed by atoms with Crippen LogP contribution >= 0.6 is 11.3 Å². The van der Waals surface area contributed by atoms with Crippen molar-refractivity contribution < 1.29 is 4.79 Å². The third kappa shape index (κ3) is 3.55. The van der Waals surface area contributed by atoms with Gasteiger partial charge in [-0.15, -0.1) is 11.3 Å². The summed E-state index contributed by atoms with van der Waals surface area (Å²) < 4.78 is 2.26. The molecule has 3 aromatic heterocycles. The Bertz CT molecular complexity index is 1250. The number of aromatic amines is 1. The van der Waals surface area contributed by atoms with Crippen molar-refractivity contribution in [2.45, 2.75) is 39.7 Å². The molecule has 0 aliphatic heterocycles. The lowest BCUT2D eigenvalue weighted by molar-refractivity contribution is 0.0956. The van der Waals surface area contributed by atoms with Gasteiger partial charge in [-0.2, -0.15) is 0 Å². The molecule has 8 heteroatoms. The maximum atomic E-state index is 12.6. The lowest BCUT2D eigenvalue weighted by Gasteiger charge is -2.13. The number of aromatic nitrogens is 4. The van der Waals surface area contributed by atoms with Gasteiger partial charge in [0.25, 0.3) is 11.5 Å². The van der Waals surface area contributed by atoms with Crippen LogP contribution in [0.3, 0.4) is 0 Å². The van der Waals surface area contributed by atoms with E-state index in [2.05, 4.69) is 39.8 Å². The molecule has 1 aromatic carbocycles. The molecule has 0 unspecified atom stereocenters. The first kappa shape index (κ1) is 19.3. The van der Waals surface area contributed by atoms with Gasteiger partial charge in [-0.3, -0.25) is 9.59 Å². The predicted octanol–water partition coefficient (Wildman–Crippen LogP) is 3.59. The lowest BCUT2D eigenvalue weighted by atomic mass is 10.2. The van der Waals surface area contributed by atoms with Crippen molar-refractivity contribution in [1.82, 2.24) is 24.8 Å². The Kier molecular flexibility index (Phi) is 5.19. The molecule has 0 saturated carbocycles. The number of carbonyl (C=O) groups excluding carboxylic acids is 1. The SMILES string of the molecule is Cc1c(C(=O)NCCCc2nc3ccccc3n2C(C)C)sc2nc[nH]c(=O)c12. The van der Waals surface area contributed by atoms with Crippen LogP contribution < -0.4 is 10.9 Å². The Balaban J connectivity index is 1.44. The van der Waals surface area contributed by atoms with E-state index in [-0.39, 0.29) is 11.5 Å². The van der Waals surface area contributed by atoms with Crippen LogP contribution in [0.5, 0.6) is 0 Å². The molecule has 0 spiro atoms. The van der Waals surface area contributed by atoms with Gasteiger partial charge in [-0.05, 0) is 44.9 Å². The van der Waals surface area contributed by atoms with E-state index in [0.717, 1.165) is 29.7 Å². The van der Waals surface area contributed by atoms with Crippen LogP contribution in [0.25, 0.3) is 21.3 Å². The van der Waals surface area contributed by atoms with Crippen LogP contribution in [0.15, 0.2) is 35.4 Å². The number of nitrogens with one attached hydrogen (secondary N) is 2. The van der Waals surface area contributed by atoms with Gasteiger partial charge in [0.2, 0.25) is 0 Å². The molecular formula is C21H23N5O2S. The number of aryl methyl sites for hydroxylation is 2. The highest BCUT2D eigenvalue weighted by atomic mass is 32.1. The summed E-state index contributed by atoms with van der Waals surface area (Å²) in [5.74, 6) is 0.867. The van der Waals surface area contributed by atoms with Gasteiger partial charge in [0.05, 0.1) is 27.6 Å². The summed E-state index contributed by atoms with van der Waals surface area (Å²) in [5, 5.41) is 3.46. The third-order valence-electron chi connectivity index (χ3n) is 4.99. The Morgan fingerprint density at radius 1 is 1.31 bits per heavy atom. The highest BCUT2D eigenvalue weighted by Gasteiger charge is 2.18. The number of benzene rings is 1. The number of hydrogen-bond acceptors (Lipinski definition) is 5. The number of thiophene rings is 1. The van der Waals surface area contributed by atoms with Gasteiger partial charge < -0.3 is 14.9 Å². The van der Waals surface area contributed by atoms with Crippen molar-refractivity contribution in [2.24, 2.45) is 0 Å². The highest BCUT2D eigenvalue weighted by molar-refractivity contribution is 7.20. The van der Waals surface area contributed by atoms with E-state index in [9.17, 15) is 9.59 Å². The monoisotopic (exact) mass is 409 g/mol. The maximum Gasteiger partial charge on any atom is 0.261 e. The molecule has 150 valence electrons. The number of fused-ring (bicyclic) bond motifs is 2. The van der Waals surface area contributed by atoms with Crippen LogP contribution in [-0.2, 0) is 6.42 Å². The molecule has 0 radical (unpaired) electrons. The number of carbonyl (C=O) groups is 1. The summed E-state index contributed by atoms with van der Waals surface area (Å²) in [7, 11) is 0. The zero-order valence-corrected chi connectivity index (χ0v) is 17.5. The summed E-state index contributed by atoms with van der Waals surface area (Å²) >= 11 is 1.25. The second-order valence-corrected chi connectivity index (χ2v) is 8.31. The number of hydrogen-bond donors (Lipinski definition) is 2. The second-order valence-electron chi connectivity index (χ2n) is 7.31. The Morgan fingerprint density at radius 2 is 2.10 bits per heavy atom. The topological polar surface area (TPSA) is 92.7 Å².